The van der Waals surface area contributed by atoms with Gasteiger partial charge in [0.1, 0.15) is 5.82 Å². The van der Waals surface area contributed by atoms with Crippen LogP contribution in [0.5, 0.6) is 0 Å². The van der Waals surface area contributed by atoms with Crippen LogP contribution in [0.3, 0.4) is 0 Å². The summed E-state index contributed by atoms with van der Waals surface area (Å²) in [6.07, 6.45) is 3.14. The van der Waals surface area contributed by atoms with Crippen LogP contribution < -0.4 is 0 Å². The molecule has 0 N–H and O–H groups in total. The van der Waals surface area contributed by atoms with Gasteiger partial charge in [-0.1, -0.05) is 26.0 Å². The molecule has 0 heterocycles. The summed E-state index contributed by atoms with van der Waals surface area (Å²) in [5.41, 5.74) is 1.17. The molecule has 1 heteroatoms. The molecular weight excluding hydrogens is 151 g/mol. The molecule has 0 nitrogen and oxygen atoms in total. The van der Waals surface area contributed by atoms with Crippen molar-refractivity contribution in [3.63, 3.8) is 0 Å². The number of halogens is 1. The summed E-state index contributed by atoms with van der Waals surface area (Å²) in [7, 11) is 0. The van der Waals surface area contributed by atoms with Crippen molar-refractivity contribution < 1.29 is 4.39 Å². The molecule has 1 radical (unpaired) electrons. The average Bonchev–Trinajstić information content (AvgIpc) is 2.03. The first-order chi connectivity index (χ1) is 5.68. The third-order valence-electron chi connectivity index (χ3n) is 1.74. The number of benzene rings is 1. The molecular formula is C11H14F. The van der Waals surface area contributed by atoms with Gasteiger partial charge >= 0.3 is 0 Å². The number of hydrogen-bond donors (Lipinski definition) is 0. The van der Waals surface area contributed by atoms with Crippen molar-refractivity contribution in [1.29, 1.82) is 0 Å². The average molecular weight is 165 g/mol. The Morgan fingerprint density at radius 2 is 1.83 bits per heavy atom. The minimum Gasteiger partial charge on any atom is -0.207 e. The van der Waals surface area contributed by atoms with Gasteiger partial charge in [0.25, 0.3) is 0 Å². The van der Waals surface area contributed by atoms with Gasteiger partial charge in [0.15, 0.2) is 0 Å². The van der Waals surface area contributed by atoms with E-state index >= 15 is 0 Å². The summed E-state index contributed by atoms with van der Waals surface area (Å²) in [4.78, 5) is 0. The minimum absolute atomic E-state index is 0.164. The van der Waals surface area contributed by atoms with Gasteiger partial charge < -0.3 is 0 Å². The molecule has 0 aliphatic rings. The molecule has 1 rings (SSSR count). The lowest BCUT2D eigenvalue weighted by Crippen LogP contribution is -1.93. The second-order valence-corrected chi connectivity index (χ2v) is 3.31. The van der Waals surface area contributed by atoms with Crippen LogP contribution in [0, 0.1) is 18.2 Å². The van der Waals surface area contributed by atoms with Crippen molar-refractivity contribution in [3.05, 3.63) is 42.1 Å². The van der Waals surface area contributed by atoms with Crippen LogP contribution in [0.25, 0.3) is 0 Å². The standard InChI is InChI=1S/C11H14F/c1-9(2)3-4-10-5-7-11(12)8-6-10/h3,5-9H,4H2,1-2H3. The van der Waals surface area contributed by atoms with Gasteiger partial charge in [-0.15, -0.1) is 0 Å². The highest BCUT2D eigenvalue weighted by Gasteiger charge is 1.96. The highest BCUT2D eigenvalue weighted by molar-refractivity contribution is 5.17. The van der Waals surface area contributed by atoms with Crippen LogP contribution in [0.2, 0.25) is 0 Å². The summed E-state index contributed by atoms with van der Waals surface area (Å²) in [6, 6.07) is 6.66. The van der Waals surface area contributed by atoms with Crippen LogP contribution in [-0.4, -0.2) is 0 Å². The maximum Gasteiger partial charge on any atom is 0.123 e. The van der Waals surface area contributed by atoms with E-state index in [0.717, 1.165) is 6.42 Å². The fourth-order valence-corrected chi connectivity index (χ4v) is 0.992. The van der Waals surface area contributed by atoms with Gasteiger partial charge in [0.2, 0.25) is 0 Å². The third kappa shape index (κ3) is 3.04. The van der Waals surface area contributed by atoms with E-state index in [1.54, 1.807) is 0 Å². The first-order valence-electron chi connectivity index (χ1n) is 4.26. The molecule has 1 aromatic carbocycles. The Bertz CT molecular complexity index is 223. The number of hydrogen-bond acceptors (Lipinski definition) is 0. The molecule has 12 heavy (non-hydrogen) atoms. The zero-order chi connectivity index (χ0) is 8.97. The Morgan fingerprint density at radius 3 is 2.33 bits per heavy atom. The number of rotatable bonds is 3. The molecule has 0 fully saturated rings. The molecule has 0 saturated carbocycles. The molecule has 0 amide bonds. The van der Waals surface area contributed by atoms with Crippen LogP contribution in [0.1, 0.15) is 19.4 Å². The summed E-state index contributed by atoms with van der Waals surface area (Å²) in [6.45, 7) is 4.28. The summed E-state index contributed by atoms with van der Waals surface area (Å²) < 4.78 is 12.5. The Morgan fingerprint density at radius 1 is 1.25 bits per heavy atom. The predicted molar refractivity (Wildman–Crippen MR) is 49.2 cm³/mol. The summed E-state index contributed by atoms with van der Waals surface area (Å²) in [5.74, 6) is 0.429. The van der Waals surface area contributed by atoms with Gasteiger partial charge in [-0.2, -0.15) is 0 Å². The van der Waals surface area contributed by atoms with E-state index in [2.05, 4.69) is 20.3 Å². The minimum atomic E-state index is -0.164. The van der Waals surface area contributed by atoms with Crippen molar-refractivity contribution in [2.45, 2.75) is 20.3 Å². The van der Waals surface area contributed by atoms with E-state index in [1.165, 1.54) is 17.7 Å². The van der Waals surface area contributed by atoms with E-state index in [4.69, 9.17) is 0 Å². The molecule has 0 atom stereocenters. The van der Waals surface area contributed by atoms with E-state index in [1.807, 2.05) is 12.1 Å². The first kappa shape index (κ1) is 9.24. The van der Waals surface area contributed by atoms with Crippen LogP contribution in [0.4, 0.5) is 4.39 Å². The quantitative estimate of drug-likeness (QED) is 0.645. The summed E-state index contributed by atoms with van der Waals surface area (Å²) >= 11 is 0. The molecule has 0 bridgehead atoms. The van der Waals surface area contributed by atoms with Gasteiger partial charge in [0.05, 0.1) is 0 Å². The smallest absolute Gasteiger partial charge is 0.123 e. The predicted octanol–water partition coefficient (Wildman–Crippen LogP) is 3.23. The molecule has 0 unspecified atom stereocenters. The third-order valence-corrected chi connectivity index (χ3v) is 1.74. The molecule has 0 spiro atoms. The van der Waals surface area contributed by atoms with Gasteiger partial charge in [-0.3, -0.25) is 0 Å². The zero-order valence-corrected chi connectivity index (χ0v) is 7.55. The van der Waals surface area contributed by atoms with Crippen molar-refractivity contribution in [3.8, 4) is 0 Å². The van der Waals surface area contributed by atoms with E-state index in [0.29, 0.717) is 5.92 Å². The second kappa shape index (κ2) is 4.24. The normalized spacial score (nSPS) is 10.7. The van der Waals surface area contributed by atoms with Gasteiger partial charge in [-0.25, -0.2) is 4.39 Å². The molecule has 65 valence electrons. The van der Waals surface area contributed by atoms with Crippen LogP contribution in [-0.2, 0) is 6.42 Å². The highest BCUT2D eigenvalue weighted by atomic mass is 19.1. The van der Waals surface area contributed by atoms with Gasteiger partial charge in [0, 0.05) is 0 Å². The maximum atomic E-state index is 12.5. The molecule has 0 aliphatic heterocycles. The van der Waals surface area contributed by atoms with Crippen molar-refractivity contribution in [2.24, 2.45) is 5.92 Å². The Hall–Kier alpha value is -0.850. The molecule has 0 saturated heterocycles. The van der Waals surface area contributed by atoms with Crippen molar-refractivity contribution >= 4 is 0 Å². The molecule has 1 aromatic rings. The molecule has 0 aliphatic carbocycles. The Kier molecular flexibility index (Phi) is 3.27. The van der Waals surface area contributed by atoms with E-state index in [-0.39, 0.29) is 5.82 Å². The van der Waals surface area contributed by atoms with Crippen LogP contribution in [0.15, 0.2) is 24.3 Å². The summed E-state index contributed by atoms with van der Waals surface area (Å²) in [5, 5.41) is 0. The van der Waals surface area contributed by atoms with Gasteiger partial charge in [-0.05, 0) is 36.5 Å². The monoisotopic (exact) mass is 165 g/mol. The fraction of sp³-hybridized carbons (Fsp3) is 0.364. The van der Waals surface area contributed by atoms with Crippen molar-refractivity contribution in [1.82, 2.24) is 0 Å². The zero-order valence-electron chi connectivity index (χ0n) is 7.55. The Balaban J connectivity index is 2.48. The maximum absolute atomic E-state index is 12.5. The SMILES string of the molecule is CC(C)[CH]Cc1ccc(F)cc1. The lowest BCUT2D eigenvalue weighted by molar-refractivity contribution is 0.627. The highest BCUT2D eigenvalue weighted by Crippen LogP contribution is 2.08. The lowest BCUT2D eigenvalue weighted by atomic mass is 10.0. The topological polar surface area (TPSA) is 0 Å². The van der Waals surface area contributed by atoms with E-state index < -0.39 is 0 Å². The molecule has 0 aromatic heterocycles. The van der Waals surface area contributed by atoms with E-state index in [9.17, 15) is 4.39 Å². The van der Waals surface area contributed by atoms with Crippen LogP contribution >= 0.6 is 0 Å². The van der Waals surface area contributed by atoms with Crippen molar-refractivity contribution in [2.75, 3.05) is 0 Å². The largest absolute Gasteiger partial charge is 0.207 e. The first-order valence-corrected chi connectivity index (χ1v) is 4.26. The second-order valence-electron chi connectivity index (χ2n) is 3.31. The fourth-order valence-electron chi connectivity index (χ4n) is 0.992. The lowest BCUT2D eigenvalue weighted by Gasteiger charge is -2.03. The Labute approximate surface area is 73.4 Å².